The first-order valence-corrected chi connectivity index (χ1v) is 7.45. The number of aliphatic hydroxyl groups is 1. The number of likely N-dealkylation sites (tertiary alicyclic amines) is 1. The highest BCUT2D eigenvalue weighted by molar-refractivity contribution is 5.91. The van der Waals surface area contributed by atoms with Crippen LogP contribution in [-0.2, 0) is 9.53 Å². The molecule has 1 aliphatic rings. The van der Waals surface area contributed by atoms with Crippen molar-refractivity contribution in [2.24, 2.45) is 0 Å². The Hall–Kier alpha value is -1.59. The molecule has 0 aromatic carbocycles. The molecule has 0 spiro atoms. The quantitative estimate of drug-likeness (QED) is 0.643. The molecule has 5 nitrogen and oxygen atoms in total. The molecule has 2 rings (SSSR count). The number of nitrogens with zero attached hydrogens (tertiary/aromatic N) is 1. The van der Waals surface area contributed by atoms with Crippen molar-refractivity contribution in [1.82, 2.24) is 4.90 Å². The van der Waals surface area contributed by atoms with E-state index in [0.717, 1.165) is 18.6 Å². The standard InChI is InChI=1S/C16H23NO4/c1-13-3-4-15(21-13)5-6-16(19)17-9-7-14(8-10-17)20-12-2-11-18/h3-6,14,18H,2,7-12H2,1H3/b6-5+. The lowest BCUT2D eigenvalue weighted by Crippen LogP contribution is -2.40. The molecule has 1 amide bonds. The highest BCUT2D eigenvalue weighted by Crippen LogP contribution is 2.15. The van der Waals surface area contributed by atoms with Crippen LogP contribution in [0.1, 0.15) is 30.8 Å². The van der Waals surface area contributed by atoms with E-state index in [-0.39, 0.29) is 18.6 Å². The van der Waals surface area contributed by atoms with Crippen LogP contribution in [-0.4, -0.2) is 48.3 Å². The van der Waals surface area contributed by atoms with Gasteiger partial charge in [0.25, 0.3) is 0 Å². The van der Waals surface area contributed by atoms with Crippen molar-refractivity contribution in [3.05, 3.63) is 29.7 Å². The van der Waals surface area contributed by atoms with Crippen LogP contribution in [0.5, 0.6) is 0 Å². The number of hydrogen-bond acceptors (Lipinski definition) is 4. The zero-order valence-corrected chi connectivity index (χ0v) is 12.5. The second-order valence-electron chi connectivity index (χ2n) is 5.25. The number of carbonyl (C=O) groups is 1. The van der Waals surface area contributed by atoms with Crippen LogP contribution in [0.4, 0.5) is 0 Å². The molecule has 0 unspecified atom stereocenters. The summed E-state index contributed by atoms with van der Waals surface area (Å²) in [5, 5.41) is 8.72. The fraction of sp³-hybridized carbons (Fsp3) is 0.562. The first-order chi connectivity index (χ1) is 10.2. The van der Waals surface area contributed by atoms with Crippen LogP contribution in [0.15, 0.2) is 22.6 Å². The Kier molecular flexibility index (Phi) is 6.02. The third-order valence-corrected chi connectivity index (χ3v) is 3.56. The second-order valence-corrected chi connectivity index (χ2v) is 5.25. The second kappa shape index (κ2) is 8.00. The summed E-state index contributed by atoms with van der Waals surface area (Å²) in [6, 6.07) is 3.72. The summed E-state index contributed by atoms with van der Waals surface area (Å²) in [5.41, 5.74) is 0. The number of rotatable bonds is 6. The molecule has 0 atom stereocenters. The van der Waals surface area contributed by atoms with E-state index in [2.05, 4.69) is 0 Å². The summed E-state index contributed by atoms with van der Waals surface area (Å²) < 4.78 is 11.0. The first kappa shape index (κ1) is 15.8. The van der Waals surface area contributed by atoms with Gasteiger partial charge in [-0.2, -0.15) is 0 Å². The molecule has 1 aromatic heterocycles. The van der Waals surface area contributed by atoms with Gasteiger partial charge in [-0.05, 0) is 44.4 Å². The van der Waals surface area contributed by atoms with Gasteiger partial charge >= 0.3 is 0 Å². The fourth-order valence-electron chi connectivity index (χ4n) is 2.36. The predicted octanol–water partition coefficient (Wildman–Crippen LogP) is 1.99. The van der Waals surface area contributed by atoms with Crippen molar-refractivity contribution in [2.75, 3.05) is 26.3 Å². The van der Waals surface area contributed by atoms with Crippen molar-refractivity contribution in [1.29, 1.82) is 0 Å². The van der Waals surface area contributed by atoms with E-state index in [1.807, 2.05) is 24.0 Å². The third-order valence-electron chi connectivity index (χ3n) is 3.56. The van der Waals surface area contributed by atoms with Gasteiger partial charge < -0.3 is 19.2 Å². The largest absolute Gasteiger partial charge is 0.462 e. The van der Waals surface area contributed by atoms with E-state index in [1.54, 1.807) is 12.2 Å². The molecule has 0 aliphatic carbocycles. The average molecular weight is 293 g/mol. The van der Waals surface area contributed by atoms with Gasteiger partial charge in [0, 0.05) is 32.4 Å². The lowest BCUT2D eigenvalue weighted by molar-refractivity contribution is -0.128. The number of furan rings is 1. The van der Waals surface area contributed by atoms with E-state index in [1.165, 1.54) is 0 Å². The summed E-state index contributed by atoms with van der Waals surface area (Å²) in [6.07, 6.45) is 5.85. The van der Waals surface area contributed by atoms with Crippen molar-refractivity contribution in [3.63, 3.8) is 0 Å². The molecule has 0 radical (unpaired) electrons. The van der Waals surface area contributed by atoms with Crippen LogP contribution in [0.3, 0.4) is 0 Å². The lowest BCUT2D eigenvalue weighted by atomic mass is 10.1. The van der Waals surface area contributed by atoms with E-state index >= 15 is 0 Å². The average Bonchev–Trinajstić information content (AvgIpc) is 2.91. The van der Waals surface area contributed by atoms with Crippen LogP contribution >= 0.6 is 0 Å². The summed E-state index contributed by atoms with van der Waals surface area (Å²) in [4.78, 5) is 13.9. The molecule has 0 bridgehead atoms. The molecule has 1 aliphatic heterocycles. The smallest absolute Gasteiger partial charge is 0.246 e. The Balaban J connectivity index is 1.74. The number of amides is 1. The summed E-state index contributed by atoms with van der Waals surface area (Å²) in [6.45, 7) is 4.05. The molecule has 1 fully saturated rings. The van der Waals surface area contributed by atoms with Gasteiger partial charge in [-0.15, -0.1) is 0 Å². The maximum Gasteiger partial charge on any atom is 0.246 e. The molecule has 2 heterocycles. The SMILES string of the molecule is Cc1ccc(/C=C/C(=O)N2CCC(OCCCO)CC2)o1. The van der Waals surface area contributed by atoms with E-state index in [0.29, 0.717) is 31.9 Å². The maximum atomic E-state index is 12.1. The number of carbonyl (C=O) groups excluding carboxylic acids is 1. The predicted molar refractivity (Wildman–Crippen MR) is 79.7 cm³/mol. The Labute approximate surface area is 125 Å². The molecule has 0 saturated carbocycles. The Morgan fingerprint density at radius 3 is 2.86 bits per heavy atom. The van der Waals surface area contributed by atoms with Gasteiger partial charge in [-0.25, -0.2) is 0 Å². The summed E-state index contributed by atoms with van der Waals surface area (Å²) in [7, 11) is 0. The number of aryl methyl sites for hydroxylation is 1. The minimum atomic E-state index is 0.0119. The minimum Gasteiger partial charge on any atom is -0.462 e. The van der Waals surface area contributed by atoms with Crippen molar-refractivity contribution < 1.29 is 19.1 Å². The van der Waals surface area contributed by atoms with Gasteiger partial charge in [0.15, 0.2) is 0 Å². The van der Waals surface area contributed by atoms with Gasteiger partial charge in [0.2, 0.25) is 5.91 Å². The molecule has 1 N–H and O–H groups in total. The van der Waals surface area contributed by atoms with Gasteiger partial charge in [0.05, 0.1) is 6.10 Å². The molecule has 5 heteroatoms. The molecular formula is C16H23NO4. The highest BCUT2D eigenvalue weighted by Gasteiger charge is 2.21. The van der Waals surface area contributed by atoms with Crippen LogP contribution < -0.4 is 0 Å². The van der Waals surface area contributed by atoms with E-state index in [4.69, 9.17) is 14.3 Å². The highest BCUT2D eigenvalue weighted by atomic mass is 16.5. The lowest BCUT2D eigenvalue weighted by Gasteiger charge is -2.31. The zero-order chi connectivity index (χ0) is 15.1. The van der Waals surface area contributed by atoms with Gasteiger partial charge in [-0.1, -0.05) is 0 Å². The minimum absolute atomic E-state index is 0.0119. The summed E-state index contributed by atoms with van der Waals surface area (Å²) >= 11 is 0. The molecular weight excluding hydrogens is 270 g/mol. The third kappa shape index (κ3) is 5.02. The van der Waals surface area contributed by atoms with Crippen molar-refractivity contribution >= 4 is 12.0 Å². The number of ether oxygens (including phenoxy) is 1. The van der Waals surface area contributed by atoms with E-state index < -0.39 is 0 Å². The van der Waals surface area contributed by atoms with Gasteiger partial charge in [-0.3, -0.25) is 4.79 Å². The van der Waals surface area contributed by atoms with Crippen molar-refractivity contribution in [2.45, 2.75) is 32.3 Å². The van der Waals surface area contributed by atoms with Crippen LogP contribution in [0.2, 0.25) is 0 Å². The normalized spacial score (nSPS) is 16.8. The molecule has 1 aromatic rings. The molecule has 116 valence electrons. The zero-order valence-electron chi connectivity index (χ0n) is 12.5. The fourth-order valence-corrected chi connectivity index (χ4v) is 2.36. The number of piperidine rings is 1. The monoisotopic (exact) mass is 293 g/mol. The summed E-state index contributed by atoms with van der Waals surface area (Å²) in [5.74, 6) is 1.55. The maximum absolute atomic E-state index is 12.1. The first-order valence-electron chi connectivity index (χ1n) is 7.45. The van der Waals surface area contributed by atoms with Crippen LogP contribution in [0, 0.1) is 6.92 Å². The molecule has 21 heavy (non-hydrogen) atoms. The van der Waals surface area contributed by atoms with Gasteiger partial charge in [0.1, 0.15) is 11.5 Å². The number of hydrogen-bond donors (Lipinski definition) is 1. The van der Waals surface area contributed by atoms with Crippen LogP contribution in [0.25, 0.3) is 6.08 Å². The Bertz CT molecular complexity index is 472. The van der Waals surface area contributed by atoms with E-state index in [9.17, 15) is 4.79 Å². The topological polar surface area (TPSA) is 62.9 Å². The Morgan fingerprint density at radius 1 is 1.48 bits per heavy atom. The van der Waals surface area contributed by atoms with Crippen molar-refractivity contribution in [3.8, 4) is 0 Å². The Morgan fingerprint density at radius 2 is 2.24 bits per heavy atom. The molecule has 1 saturated heterocycles. The number of aliphatic hydroxyl groups excluding tert-OH is 1.